The van der Waals surface area contributed by atoms with Gasteiger partial charge in [0.25, 0.3) is 0 Å². The van der Waals surface area contributed by atoms with Crippen molar-refractivity contribution in [1.82, 2.24) is 4.98 Å². The molecule has 2 rings (SSSR count). The smallest absolute Gasteiger partial charge is 0.203 e. The lowest BCUT2D eigenvalue weighted by atomic mass is 10.1. The molecule has 0 fully saturated rings. The summed E-state index contributed by atoms with van der Waals surface area (Å²) in [5, 5.41) is 0.967. The standard InChI is InChI=1S/C15H20N2O3S/c1-8(16)15-12(17-9(2)21-15)10-6-7-11(18-3)14(20-5)13(10)19-4/h6-8H,16H2,1-5H3. The Labute approximate surface area is 128 Å². The minimum Gasteiger partial charge on any atom is -0.493 e. The monoisotopic (exact) mass is 308 g/mol. The van der Waals surface area contributed by atoms with Crippen LogP contribution in [0.5, 0.6) is 17.2 Å². The zero-order valence-corrected chi connectivity index (χ0v) is 13.7. The molecule has 2 N–H and O–H groups in total. The molecule has 1 aromatic carbocycles. The van der Waals surface area contributed by atoms with Crippen LogP contribution in [-0.4, -0.2) is 26.3 Å². The zero-order valence-electron chi connectivity index (χ0n) is 12.9. The highest BCUT2D eigenvalue weighted by atomic mass is 32.1. The molecule has 21 heavy (non-hydrogen) atoms. The molecular formula is C15H20N2O3S. The predicted octanol–water partition coefficient (Wildman–Crippen LogP) is 3.16. The lowest BCUT2D eigenvalue weighted by Crippen LogP contribution is -2.05. The van der Waals surface area contributed by atoms with Gasteiger partial charge in [0.2, 0.25) is 5.75 Å². The molecule has 0 bridgehead atoms. The third-order valence-electron chi connectivity index (χ3n) is 3.13. The van der Waals surface area contributed by atoms with Gasteiger partial charge in [-0.2, -0.15) is 0 Å². The zero-order chi connectivity index (χ0) is 15.6. The van der Waals surface area contributed by atoms with Crippen LogP contribution in [0, 0.1) is 6.92 Å². The lowest BCUT2D eigenvalue weighted by molar-refractivity contribution is 0.325. The van der Waals surface area contributed by atoms with E-state index >= 15 is 0 Å². The highest BCUT2D eigenvalue weighted by Crippen LogP contribution is 2.46. The summed E-state index contributed by atoms with van der Waals surface area (Å²) >= 11 is 1.60. The molecule has 0 aliphatic heterocycles. The first-order valence-electron chi connectivity index (χ1n) is 6.55. The van der Waals surface area contributed by atoms with Crippen molar-refractivity contribution in [3.8, 4) is 28.5 Å². The average Bonchev–Trinajstić information content (AvgIpc) is 2.87. The highest BCUT2D eigenvalue weighted by molar-refractivity contribution is 7.12. The molecule has 1 unspecified atom stereocenters. The van der Waals surface area contributed by atoms with E-state index in [-0.39, 0.29) is 6.04 Å². The van der Waals surface area contributed by atoms with E-state index in [9.17, 15) is 0 Å². The van der Waals surface area contributed by atoms with Crippen LogP contribution in [0.2, 0.25) is 0 Å². The number of ether oxygens (including phenoxy) is 3. The molecule has 0 aliphatic carbocycles. The van der Waals surface area contributed by atoms with Crippen LogP contribution < -0.4 is 19.9 Å². The number of benzene rings is 1. The molecule has 1 heterocycles. The molecule has 5 nitrogen and oxygen atoms in total. The maximum atomic E-state index is 6.06. The fourth-order valence-electron chi connectivity index (χ4n) is 2.23. The molecule has 0 radical (unpaired) electrons. The number of aromatic nitrogens is 1. The molecule has 1 aromatic heterocycles. The van der Waals surface area contributed by atoms with E-state index in [1.807, 2.05) is 26.0 Å². The normalized spacial score (nSPS) is 12.1. The second-order valence-corrected chi connectivity index (χ2v) is 5.85. The van der Waals surface area contributed by atoms with Gasteiger partial charge in [-0.05, 0) is 26.0 Å². The summed E-state index contributed by atoms with van der Waals surface area (Å²) in [6, 6.07) is 3.67. The number of nitrogens with two attached hydrogens (primary N) is 1. The maximum absolute atomic E-state index is 6.06. The van der Waals surface area contributed by atoms with Crippen LogP contribution in [0.1, 0.15) is 22.9 Å². The quantitative estimate of drug-likeness (QED) is 0.919. The number of thiazole rings is 1. The molecule has 0 aliphatic rings. The number of hydrogen-bond donors (Lipinski definition) is 1. The number of hydrogen-bond acceptors (Lipinski definition) is 6. The fraction of sp³-hybridized carbons (Fsp3) is 0.400. The minimum absolute atomic E-state index is 0.0935. The average molecular weight is 308 g/mol. The van der Waals surface area contributed by atoms with Gasteiger partial charge in [-0.25, -0.2) is 4.98 Å². The highest BCUT2D eigenvalue weighted by Gasteiger charge is 2.22. The van der Waals surface area contributed by atoms with Crippen molar-refractivity contribution in [2.24, 2.45) is 5.73 Å². The maximum Gasteiger partial charge on any atom is 0.203 e. The number of nitrogens with zero attached hydrogens (tertiary/aromatic N) is 1. The van der Waals surface area contributed by atoms with Crippen molar-refractivity contribution in [2.45, 2.75) is 19.9 Å². The van der Waals surface area contributed by atoms with Crippen molar-refractivity contribution in [3.05, 3.63) is 22.0 Å². The van der Waals surface area contributed by atoms with Crippen LogP contribution >= 0.6 is 11.3 Å². The fourth-order valence-corrected chi connectivity index (χ4v) is 3.13. The summed E-state index contributed by atoms with van der Waals surface area (Å²) in [4.78, 5) is 5.63. The van der Waals surface area contributed by atoms with Gasteiger partial charge in [-0.3, -0.25) is 0 Å². The van der Waals surface area contributed by atoms with Gasteiger partial charge in [0.15, 0.2) is 11.5 Å². The molecule has 0 saturated carbocycles. The number of rotatable bonds is 5. The summed E-state index contributed by atoms with van der Waals surface area (Å²) in [5.74, 6) is 1.77. The second kappa shape index (κ2) is 6.32. The van der Waals surface area contributed by atoms with E-state index < -0.39 is 0 Å². The van der Waals surface area contributed by atoms with Crippen LogP contribution in [-0.2, 0) is 0 Å². The van der Waals surface area contributed by atoms with Crippen LogP contribution in [0.3, 0.4) is 0 Å². The summed E-state index contributed by atoms with van der Waals surface area (Å²) in [5.41, 5.74) is 7.75. The number of aryl methyl sites for hydroxylation is 1. The molecule has 6 heteroatoms. The number of methoxy groups -OCH3 is 3. The molecule has 114 valence electrons. The van der Waals surface area contributed by atoms with Gasteiger partial charge in [0.05, 0.1) is 32.0 Å². The molecular weight excluding hydrogens is 288 g/mol. The van der Waals surface area contributed by atoms with E-state index in [0.29, 0.717) is 17.2 Å². The van der Waals surface area contributed by atoms with Crippen molar-refractivity contribution in [2.75, 3.05) is 21.3 Å². The van der Waals surface area contributed by atoms with Gasteiger partial charge >= 0.3 is 0 Å². The van der Waals surface area contributed by atoms with Gasteiger partial charge < -0.3 is 19.9 Å². The van der Waals surface area contributed by atoms with Crippen LogP contribution in [0.25, 0.3) is 11.3 Å². The second-order valence-electron chi connectivity index (χ2n) is 4.62. The first-order chi connectivity index (χ1) is 10.0. The Morgan fingerprint density at radius 3 is 2.29 bits per heavy atom. The summed E-state index contributed by atoms with van der Waals surface area (Å²) < 4.78 is 16.3. The Kier molecular flexibility index (Phi) is 4.69. The van der Waals surface area contributed by atoms with Crippen LogP contribution in [0.4, 0.5) is 0 Å². The molecule has 1 atom stereocenters. The van der Waals surface area contributed by atoms with E-state index in [0.717, 1.165) is 21.1 Å². The third-order valence-corrected chi connectivity index (χ3v) is 4.30. The Balaban J connectivity index is 2.70. The molecule has 0 saturated heterocycles. The molecule has 2 aromatic rings. The Bertz CT molecular complexity index is 638. The largest absolute Gasteiger partial charge is 0.493 e. The third kappa shape index (κ3) is 2.82. The first kappa shape index (κ1) is 15.6. The van der Waals surface area contributed by atoms with E-state index in [1.54, 1.807) is 32.7 Å². The summed E-state index contributed by atoms with van der Waals surface area (Å²) in [6.45, 7) is 3.91. The first-order valence-corrected chi connectivity index (χ1v) is 7.37. The summed E-state index contributed by atoms with van der Waals surface area (Å²) in [6.07, 6.45) is 0. The lowest BCUT2D eigenvalue weighted by Gasteiger charge is -2.16. The Morgan fingerprint density at radius 2 is 1.76 bits per heavy atom. The van der Waals surface area contributed by atoms with Crippen molar-refractivity contribution in [3.63, 3.8) is 0 Å². The van der Waals surface area contributed by atoms with Crippen LogP contribution in [0.15, 0.2) is 12.1 Å². The van der Waals surface area contributed by atoms with Gasteiger partial charge in [-0.15, -0.1) is 11.3 Å². The van der Waals surface area contributed by atoms with Gasteiger partial charge in [0, 0.05) is 16.5 Å². The Hall–Kier alpha value is -1.79. The SMILES string of the molecule is COc1ccc(-c2nc(C)sc2C(C)N)c(OC)c1OC. The van der Waals surface area contributed by atoms with Crippen molar-refractivity contribution < 1.29 is 14.2 Å². The molecule has 0 amide bonds. The van der Waals surface area contributed by atoms with Crippen molar-refractivity contribution >= 4 is 11.3 Å². The topological polar surface area (TPSA) is 66.6 Å². The van der Waals surface area contributed by atoms with Crippen molar-refractivity contribution in [1.29, 1.82) is 0 Å². The van der Waals surface area contributed by atoms with E-state index in [4.69, 9.17) is 19.9 Å². The Morgan fingerprint density at radius 1 is 1.10 bits per heavy atom. The van der Waals surface area contributed by atoms with Gasteiger partial charge in [-0.1, -0.05) is 0 Å². The summed E-state index contributed by atoms with van der Waals surface area (Å²) in [7, 11) is 4.78. The van der Waals surface area contributed by atoms with E-state index in [2.05, 4.69) is 4.98 Å². The predicted molar refractivity (Wildman–Crippen MR) is 84.5 cm³/mol. The van der Waals surface area contributed by atoms with Gasteiger partial charge in [0.1, 0.15) is 0 Å². The minimum atomic E-state index is -0.0935. The molecule has 0 spiro atoms. The van der Waals surface area contributed by atoms with E-state index in [1.165, 1.54) is 0 Å².